The van der Waals surface area contributed by atoms with Crippen LogP contribution < -0.4 is 26.4 Å². The summed E-state index contributed by atoms with van der Waals surface area (Å²) in [6.07, 6.45) is -3.29. The molecule has 2 aliphatic carbocycles. The number of nitrogens with one attached hydrogen (secondary N) is 3. The van der Waals surface area contributed by atoms with E-state index in [1.54, 1.807) is 51.3 Å². The maximum atomic E-state index is 14.3. The first-order chi connectivity index (χ1) is 47.2. The van der Waals surface area contributed by atoms with Gasteiger partial charge in [0.2, 0.25) is 47.0 Å². The number of benzene rings is 3. The first-order valence-electron chi connectivity index (χ1n) is 33.1. The third kappa shape index (κ3) is 17.0. The van der Waals surface area contributed by atoms with E-state index < -0.39 is 144 Å². The zero-order chi connectivity index (χ0) is 71.7. The van der Waals surface area contributed by atoms with E-state index >= 15 is 0 Å². The summed E-state index contributed by atoms with van der Waals surface area (Å²) < 4.78 is 47.0. The van der Waals surface area contributed by atoms with Crippen molar-refractivity contribution in [1.82, 2.24) is 30.2 Å². The summed E-state index contributed by atoms with van der Waals surface area (Å²) in [6, 6.07) is 8.27. The van der Waals surface area contributed by atoms with Gasteiger partial charge in [0.15, 0.2) is 31.2 Å². The van der Waals surface area contributed by atoms with Gasteiger partial charge in [0.05, 0.1) is 47.9 Å². The summed E-state index contributed by atoms with van der Waals surface area (Å²) >= 11 is 1.34. The summed E-state index contributed by atoms with van der Waals surface area (Å²) in [5.41, 5.74) is 1.93. The lowest BCUT2D eigenvalue weighted by molar-refractivity contribution is -0.256. The van der Waals surface area contributed by atoms with Gasteiger partial charge in [-0.15, -0.1) is 0 Å². The van der Waals surface area contributed by atoms with Gasteiger partial charge in [0.1, 0.15) is 47.6 Å². The molecule has 3 aromatic carbocycles. The molecule has 8 amide bonds. The number of carbonyl (C=O) groups excluding carboxylic acids is 11. The summed E-state index contributed by atoms with van der Waals surface area (Å²) in [5, 5.41) is 44.7. The van der Waals surface area contributed by atoms with Gasteiger partial charge in [-0.3, -0.25) is 53.0 Å². The zero-order valence-electron chi connectivity index (χ0n) is 56.7. The second-order valence-electron chi connectivity index (χ2n) is 25.9. The highest BCUT2D eigenvalue weighted by Crippen LogP contribution is 2.53. The van der Waals surface area contributed by atoms with E-state index in [0.717, 1.165) is 4.90 Å². The van der Waals surface area contributed by atoms with Crippen molar-refractivity contribution < 1.29 is 106 Å². The van der Waals surface area contributed by atoms with E-state index in [1.807, 2.05) is 0 Å². The van der Waals surface area contributed by atoms with Crippen molar-refractivity contribution in [3.05, 3.63) is 81.4 Å². The molecule has 538 valence electrons. The fraction of sp³-hybridized carbons (Fsp3) is 0.574. The third-order valence-corrected chi connectivity index (χ3v) is 19.8. The van der Waals surface area contributed by atoms with Gasteiger partial charge < -0.3 is 84.7 Å². The average molecular weight is 1400 g/mol. The lowest BCUT2D eigenvalue weighted by Crippen LogP contribution is -2.55. The molecule has 4 saturated heterocycles. The van der Waals surface area contributed by atoms with Crippen molar-refractivity contribution in [2.75, 3.05) is 79.3 Å². The summed E-state index contributed by atoms with van der Waals surface area (Å²) in [7, 11) is 5.59. The molecule has 0 radical (unpaired) electrons. The number of primary amides is 1. The molecule has 31 heteroatoms. The number of nitrogens with zero attached hydrogens (tertiary/aromatic N) is 4. The van der Waals surface area contributed by atoms with E-state index in [9.17, 15) is 68.1 Å². The van der Waals surface area contributed by atoms with Crippen molar-refractivity contribution in [2.45, 2.75) is 171 Å². The van der Waals surface area contributed by atoms with Gasteiger partial charge in [-0.1, -0.05) is 51.0 Å². The number of thioether (sulfide) groups is 1. The number of Topliss-reactive ketones (excluding diaryl/α,β-unsaturated/α-hetero) is 1. The normalized spacial score (nSPS) is 23.8. The fourth-order valence-corrected chi connectivity index (χ4v) is 14.0. The number of morpholine rings is 1. The smallest absolute Gasteiger partial charge is 0.409 e. The van der Waals surface area contributed by atoms with Gasteiger partial charge in [-0.25, -0.2) is 9.59 Å². The molecule has 0 aromatic heterocycles. The number of hydrogen-bond acceptors (Lipinski definition) is 24. The monoisotopic (exact) mass is 1400 g/mol. The van der Waals surface area contributed by atoms with Crippen LogP contribution in [0, 0.1) is 5.92 Å². The molecule has 11 atom stereocenters. The Bertz CT molecular complexity index is 3580. The third-order valence-electron chi connectivity index (χ3n) is 18.8. The van der Waals surface area contributed by atoms with Gasteiger partial charge >= 0.3 is 12.2 Å². The zero-order valence-corrected chi connectivity index (χ0v) is 57.5. The number of anilines is 1. The Balaban J connectivity index is 0.768. The minimum absolute atomic E-state index is 0.0455. The van der Waals surface area contributed by atoms with Gasteiger partial charge in [0, 0.05) is 114 Å². The van der Waals surface area contributed by atoms with Gasteiger partial charge in [-0.2, -0.15) is 11.8 Å². The van der Waals surface area contributed by atoms with Crippen LogP contribution in [-0.4, -0.2) is 234 Å². The molecule has 1 unspecified atom stereocenters. The number of amides is 8. The van der Waals surface area contributed by atoms with Crippen LogP contribution in [0.4, 0.5) is 15.3 Å². The number of unbranched alkanes of at least 4 members (excludes halogenated alkanes) is 3. The molecule has 6 aliphatic rings. The minimum Gasteiger partial charge on any atom is -0.507 e. The molecule has 30 nitrogen and oxygen atoms in total. The molecular formula is C68H88N8O22S. The van der Waals surface area contributed by atoms with Crippen molar-refractivity contribution >= 4 is 82.4 Å². The summed E-state index contributed by atoms with van der Waals surface area (Å²) in [4.78, 5) is 152. The molecule has 0 saturated carbocycles. The lowest BCUT2D eigenvalue weighted by Gasteiger charge is -2.43. The Labute approximate surface area is 576 Å². The first-order valence-corrected chi connectivity index (χ1v) is 34.4. The molecule has 8 N–H and O–H groups in total. The number of rotatable bonds is 30. The Hall–Kier alpha value is -8.30. The van der Waals surface area contributed by atoms with Crippen LogP contribution in [0.5, 0.6) is 17.2 Å². The number of hydrogen-bond donors (Lipinski definition) is 7. The second kappa shape index (κ2) is 32.8. The number of nitrogens with two attached hydrogens (primary N) is 1. The fourth-order valence-electron chi connectivity index (χ4n) is 13.3. The Morgan fingerprint density at radius 2 is 1.54 bits per heavy atom. The largest absolute Gasteiger partial charge is 0.507 e. The van der Waals surface area contributed by atoms with E-state index in [1.165, 1.54) is 68.1 Å². The molecule has 99 heavy (non-hydrogen) atoms. The second-order valence-corrected chi connectivity index (χ2v) is 27.0. The number of likely N-dealkylation sites (tertiary alicyclic amines) is 1. The molecule has 4 fully saturated rings. The number of ether oxygens (including phenoxy) is 8. The summed E-state index contributed by atoms with van der Waals surface area (Å²) in [5.74, 6) is -7.02. The predicted molar refractivity (Wildman–Crippen MR) is 352 cm³/mol. The first kappa shape index (κ1) is 74.9. The molecular weight excluding hydrogens is 1310 g/mol. The van der Waals surface area contributed by atoms with Crippen LogP contribution in [-0.2, 0) is 79.7 Å². The molecule has 4 heterocycles. The Morgan fingerprint density at radius 3 is 2.20 bits per heavy atom. The predicted octanol–water partition coefficient (Wildman–Crippen LogP) is 3.72. The molecule has 0 bridgehead atoms. The van der Waals surface area contributed by atoms with Crippen LogP contribution in [0.3, 0.4) is 0 Å². The van der Waals surface area contributed by atoms with Crippen LogP contribution >= 0.6 is 11.8 Å². The van der Waals surface area contributed by atoms with Gasteiger partial charge in [0.25, 0.3) is 0 Å². The highest BCUT2D eigenvalue weighted by atomic mass is 32.2. The average Bonchev–Trinajstić information content (AvgIpc) is 1.24. The van der Waals surface area contributed by atoms with Crippen LogP contribution in [0.1, 0.15) is 146 Å². The van der Waals surface area contributed by atoms with E-state index in [4.69, 9.17) is 43.6 Å². The van der Waals surface area contributed by atoms with Crippen molar-refractivity contribution in [2.24, 2.45) is 11.7 Å². The number of phenols is 2. The topological polar surface area (TPSA) is 397 Å². The quantitative estimate of drug-likeness (QED) is 0.0222. The SMILES string of the molecule is COc1cccc2c1C(=O)c1c(O)c3c(c(O)c1C2=O)C[C@@](O)(C(=O)COC(=O)N(C)CCN(C)C(=O)OCc1ccc(NC(=O)[C@H](CCCCC(N)=O)NC(=O)[C@@H](NC(=O)CCCCCN2C(=O)CC(SC)C2=O)C(C)C)cc1)C[C@@H]3O[C@H]1C[C@H]2[C@H](O[C@@H]3[C@@H](OC)OCCN32)[C@H](C)O1. The minimum atomic E-state index is -2.49. The highest BCUT2D eigenvalue weighted by Gasteiger charge is 2.56. The van der Waals surface area contributed by atoms with Crippen LogP contribution in [0.15, 0.2) is 42.5 Å². The van der Waals surface area contributed by atoms with Crippen molar-refractivity contribution in [3.8, 4) is 17.2 Å². The lowest BCUT2D eigenvalue weighted by atomic mass is 9.72. The van der Waals surface area contributed by atoms with Crippen molar-refractivity contribution in [3.63, 3.8) is 0 Å². The van der Waals surface area contributed by atoms with Gasteiger partial charge in [-0.05, 0) is 68.5 Å². The van der Waals surface area contributed by atoms with E-state index in [2.05, 4.69) is 20.9 Å². The Kier molecular flexibility index (Phi) is 24.8. The number of aromatic hydroxyl groups is 2. The molecule has 9 rings (SSSR count). The number of methoxy groups -OCH3 is 2. The maximum absolute atomic E-state index is 14.3. The highest BCUT2D eigenvalue weighted by molar-refractivity contribution is 8.00. The molecule has 3 aromatic rings. The number of fused-ring (bicyclic) bond motifs is 6. The standard InChI is InChI=1S/C68H88N8O22S/c1-35(2)55(72-48(79)19-10-9-13-24-76-49(80)30-45(99-8)63(76)87)62(86)71-41(16-11-12-18-47(69)78)61(85)70-38-22-20-37(21-23-38)33-94-66(88)73(4)25-26-74(5)67(89)95-34-46(77)68(90)31-40-52(59(84)54-53(57(40)82)56(81)39-15-14-17-43(91-6)51(39)58(54)83)44(32-68)97-50-29-42-60(36(3)96-50)98-64-65(92-7)93-28-27-75(42)64/h14-15,17,20-23,35-36,41-42,44-45,50,55,60,64-65,82,84,90H,9-13,16,18-19,24-34H2,1-8H3,(H2,69,78)(H,70,85)(H,71,86)(H,72,79)/t36-,41-,42-,44-,45?,50-,55-,60+,64+,65-,68-/m0/s1. The number of phenolic OH excluding ortho intramolecular Hbond substituents is 2. The van der Waals surface area contributed by atoms with E-state index in [-0.39, 0.29) is 121 Å². The van der Waals surface area contributed by atoms with Crippen molar-refractivity contribution in [1.29, 1.82) is 0 Å². The molecule has 0 spiro atoms. The molecule has 4 aliphatic heterocycles. The number of carbonyl (C=O) groups is 11. The number of aliphatic hydroxyl groups is 1. The number of likely N-dealkylation sites (N-methyl/N-ethyl adjacent to an activating group) is 2. The van der Waals surface area contributed by atoms with Crippen LogP contribution in [0.25, 0.3) is 0 Å². The van der Waals surface area contributed by atoms with E-state index in [0.29, 0.717) is 56.5 Å². The number of imide groups is 1. The number of ketones is 3. The van der Waals surface area contributed by atoms with Crippen LogP contribution in [0.2, 0.25) is 0 Å². The Morgan fingerprint density at radius 1 is 0.838 bits per heavy atom. The maximum Gasteiger partial charge on any atom is 0.409 e. The summed E-state index contributed by atoms with van der Waals surface area (Å²) in [6.45, 7) is 4.97.